The fourth-order valence-electron chi connectivity index (χ4n) is 7.68. The Balaban J connectivity index is 0.939. The highest BCUT2D eigenvalue weighted by atomic mass is 16.6. The van der Waals surface area contributed by atoms with Crippen molar-refractivity contribution in [2.24, 2.45) is 0 Å². The van der Waals surface area contributed by atoms with Gasteiger partial charge in [-0.2, -0.15) is 0 Å². The number of hydrogen-bond acceptors (Lipinski definition) is 15. The number of non-ortho nitro benzene ring substituents is 1. The van der Waals surface area contributed by atoms with E-state index in [-0.39, 0.29) is 60.5 Å². The Morgan fingerprint density at radius 1 is 0.897 bits per heavy atom. The third kappa shape index (κ3) is 7.78. The zero-order valence-electron chi connectivity index (χ0n) is 31.8. The van der Waals surface area contributed by atoms with Crippen LogP contribution in [-0.2, 0) is 38.4 Å². The van der Waals surface area contributed by atoms with E-state index in [1.54, 1.807) is 14.0 Å². The fourth-order valence-corrected chi connectivity index (χ4v) is 7.68. The van der Waals surface area contributed by atoms with Gasteiger partial charge >= 0.3 is 0 Å². The number of hydrogen-bond donors (Lipinski definition) is 6. The molecule has 21 nitrogen and oxygen atoms in total. The molecule has 58 heavy (non-hydrogen) atoms. The molecule has 7 rings (SSSR count). The van der Waals surface area contributed by atoms with Crippen LogP contribution in [0, 0.1) is 27.2 Å². The van der Waals surface area contributed by atoms with Gasteiger partial charge in [0.1, 0.15) is 12.3 Å². The zero-order valence-corrected chi connectivity index (χ0v) is 31.8. The van der Waals surface area contributed by atoms with Crippen LogP contribution in [0.2, 0.25) is 0 Å². The average Bonchev–Trinajstić information content (AvgIpc) is 3.21. The van der Waals surface area contributed by atoms with E-state index < -0.39 is 45.0 Å². The van der Waals surface area contributed by atoms with Gasteiger partial charge in [-0.25, -0.2) is 15.0 Å². The summed E-state index contributed by atoms with van der Waals surface area (Å²) in [6.45, 7) is 5.04. The van der Waals surface area contributed by atoms with E-state index in [1.165, 1.54) is 12.3 Å². The van der Waals surface area contributed by atoms with E-state index in [9.17, 15) is 44.5 Å². The summed E-state index contributed by atoms with van der Waals surface area (Å²) in [5.41, 5.74) is 1.93. The van der Waals surface area contributed by atoms with Crippen LogP contribution in [0.4, 0.5) is 11.4 Å². The molecule has 0 radical (unpaired) electrons. The Labute approximate surface area is 330 Å². The summed E-state index contributed by atoms with van der Waals surface area (Å²) in [5.74, 6) is -2.19. The summed E-state index contributed by atoms with van der Waals surface area (Å²) in [6.07, 6.45) is 3.31. The van der Waals surface area contributed by atoms with E-state index in [2.05, 4.69) is 46.8 Å². The number of likely N-dealkylation sites (N-methyl/N-ethyl adjacent to an activating group) is 1. The van der Waals surface area contributed by atoms with Gasteiger partial charge in [0.25, 0.3) is 11.4 Å². The van der Waals surface area contributed by atoms with E-state index >= 15 is 0 Å². The number of rotatable bonds is 11. The minimum Gasteiger partial charge on any atom is -0.866 e. The number of fused-ring (bicyclic) bond motifs is 6. The Kier molecular flexibility index (Phi) is 11.1. The van der Waals surface area contributed by atoms with Crippen molar-refractivity contribution in [3.8, 4) is 17.1 Å². The Hall–Kier alpha value is -6.45. The molecule has 1 aromatic carbocycles. The van der Waals surface area contributed by atoms with Gasteiger partial charge in [-0.05, 0) is 79.7 Å². The molecule has 2 saturated heterocycles. The maximum Gasteiger partial charge on any atom is 0.285 e. The molecule has 3 aliphatic rings. The largest absolute Gasteiger partial charge is 0.866 e. The molecule has 0 bridgehead atoms. The van der Waals surface area contributed by atoms with Crippen molar-refractivity contribution in [3.63, 3.8) is 0 Å². The van der Waals surface area contributed by atoms with Gasteiger partial charge < -0.3 is 26.4 Å². The van der Waals surface area contributed by atoms with Gasteiger partial charge in [-0.1, -0.05) is 0 Å². The molecular weight excluding hydrogens is 756 g/mol. The zero-order chi connectivity index (χ0) is 41.4. The summed E-state index contributed by atoms with van der Waals surface area (Å²) < 4.78 is 0. The summed E-state index contributed by atoms with van der Waals surface area (Å²) in [6, 6.07) is 2.28. The van der Waals surface area contributed by atoms with Gasteiger partial charge in [-0.15, -0.1) is 0 Å². The van der Waals surface area contributed by atoms with Crippen LogP contribution in [-0.4, -0.2) is 111 Å². The second kappa shape index (κ2) is 16.2. The number of pyridine rings is 3. The van der Waals surface area contributed by atoms with Crippen LogP contribution < -0.4 is 37.0 Å². The number of carbonyl (C=O) groups excluding carboxylic acids is 4. The SMILES string of the molecule is CNC(=O)C1CCN2CCC(C(=O)NC(C)C(=O)NCCNC(=O)Cc3cnc4nc5c(cc4c3C)CCc3cc4c([N+](=O)[O-])cc([N+](=O)[O-])c([O-])c4nc3-5)NC2N1. The number of aryl methyl sites for hydroxylation is 3. The second-order valence-corrected chi connectivity index (χ2v) is 14.5. The van der Waals surface area contributed by atoms with Gasteiger partial charge in [0, 0.05) is 44.8 Å². The van der Waals surface area contributed by atoms with Crippen LogP contribution in [0.1, 0.15) is 42.0 Å². The van der Waals surface area contributed by atoms with E-state index in [4.69, 9.17) is 4.98 Å². The molecule has 4 atom stereocenters. The number of carbonyl (C=O) groups is 4. The number of amides is 4. The number of benzene rings is 1. The topological polar surface area (TPSA) is 292 Å². The van der Waals surface area contributed by atoms with Crippen molar-refractivity contribution in [1.29, 1.82) is 0 Å². The second-order valence-electron chi connectivity index (χ2n) is 14.5. The first-order chi connectivity index (χ1) is 27.7. The predicted molar refractivity (Wildman–Crippen MR) is 205 cm³/mol. The number of nitro groups is 2. The number of nitrogens with zero attached hydrogens (tertiary/aromatic N) is 6. The van der Waals surface area contributed by atoms with E-state index in [0.29, 0.717) is 78.4 Å². The van der Waals surface area contributed by atoms with Crippen molar-refractivity contribution >= 4 is 56.9 Å². The van der Waals surface area contributed by atoms with Crippen LogP contribution in [0.5, 0.6) is 5.75 Å². The van der Waals surface area contributed by atoms with Gasteiger partial charge in [0.15, 0.2) is 5.65 Å². The molecule has 3 aromatic heterocycles. The lowest BCUT2D eigenvalue weighted by Gasteiger charge is -2.45. The molecule has 5 heterocycles. The molecule has 0 saturated carbocycles. The molecule has 6 N–H and O–H groups in total. The fraction of sp³-hybridized carbons (Fsp3) is 0.432. The number of nitro benzene ring substituents is 2. The van der Waals surface area contributed by atoms with Crippen LogP contribution in [0.25, 0.3) is 33.3 Å². The number of aromatic nitrogens is 3. The van der Waals surface area contributed by atoms with E-state index in [0.717, 1.165) is 11.1 Å². The smallest absolute Gasteiger partial charge is 0.285 e. The standard InChI is InChI=1S/C37H42N12O9/c1-17-21(14-28(50)39-8-9-40-34(52)18(2)42-36(54)25-7-11-47-10-6-24(35(53)38-3)43-37(47)44-25)16-41-33-22(17)12-19-4-5-20-13-23-26(48(55)56)15-27(49(57)58)32(51)31(23)45-29(20)30(19)46-33/h12-13,15-16,18,24-25,37,43-44,51H,4-11,14H2,1-3H3,(H,38,53)(H,39,50)(H,40,52)(H,42,54)/p-1. The minimum absolute atomic E-state index is 0.00197. The normalized spacial score (nSPS) is 19.3. The lowest BCUT2D eigenvalue weighted by atomic mass is 9.90. The highest BCUT2D eigenvalue weighted by Crippen LogP contribution is 2.42. The third-order valence-corrected chi connectivity index (χ3v) is 10.9. The lowest BCUT2D eigenvalue weighted by molar-refractivity contribution is -0.402. The number of nitrogens with one attached hydrogen (secondary N) is 6. The first-order valence-corrected chi connectivity index (χ1v) is 18.8. The maximum atomic E-state index is 13.0. The molecule has 1 aliphatic carbocycles. The molecule has 2 aliphatic heterocycles. The van der Waals surface area contributed by atoms with Crippen molar-refractivity contribution < 1.29 is 34.1 Å². The Morgan fingerprint density at radius 3 is 2.17 bits per heavy atom. The first kappa shape index (κ1) is 39.8. The van der Waals surface area contributed by atoms with Gasteiger partial charge in [-0.3, -0.25) is 54.9 Å². The lowest BCUT2D eigenvalue weighted by Crippen LogP contribution is -2.71. The highest BCUT2D eigenvalue weighted by Gasteiger charge is 2.38. The summed E-state index contributed by atoms with van der Waals surface area (Å²) in [5, 5.41) is 54.2. The van der Waals surface area contributed by atoms with Crippen molar-refractivity contribution in [2.45, 2.75) is 70.4 Å². The van der Waals surface area contributed by atoms with Crippen LogP contribution in [0.15, 0.2) is 24.4 Å². The first-order valence-electron chi connectivity index (χ1n) is 18.8. The molecule has 4 aromatic rings. The summed E-state index contributed by atoms with van der Waals surface area (Å²) in [7, 11) is 1.58. The van der Waals surface area contributed by atoms with E-state index in [1.807, 2.05) is 13.0 Å². The molecule has 4 amide bonds. The summed E-state index contributed by atoms with van der Waals surface area (Å²) in [4.78, 5) is 88.0. The highest BCUT2D eigenvalue weighted by molar-refractivity contribution is 5.98. The summed E-state index contributed by atoms with van der Waals surface area (Å²) >= 11 is 0. The van der Waals surface area contributed by atoms with Crippen LogP contribution in [0.3, 0.4) is 0 Å². The molecule has 21 heteroatoms. The maximum absolute atomic E-state index is 13.0. The van der Waals surface area contributed by atoms with Crippen molar-refractivity contribution in [3.05, 3.63) is 66.9 Å². The Bertz CT molecular complexity index is 2390. The van der Waals surface area contributed by atoms with Crippen molar-refractivity contribution in [1.82, 2.24) is 51.8 Å². The Morgan fingerprint density at radius 2 is 1.52 bits per heavy atom. The van der Waals surface area contributed by atoms with Crippen molar-refractivity contribution in [2.75, 3.05) is 33.2 Å². The predicted octanol–water partition coefficient (Wildman–Crippen LogP) is -0.523. The minimum atomic E-state index is -1.03. The monoisotopic (exact) mass is 797 g/mol. The molecule has 4 unspecified atom stereocenters. The molecular formula is C37H41N12O9-. The molecule has 304 valence electrons. The van der Waals surface area contributed by atoms with Crippen LogP contribution >= 0.6 is 0 Å². The van der Waals surface area contributed by atoms with Gasteiger partial charge in [0.2, 0.25) is 23.6 Å². The van der Waals surface area contributed by atoms with Gasteiger partial charge in [0.05, 0.1) is 56.7 Å². The quantitative estimate of drug-likeness (QED) is 0.0632. The molecule has 2 fully saturated rings. The third-order valence-electron chi connectivity index (χ3n) is 10.9. The average molecular weight is 798 g/mol. The molecule has 0 spiro atoms.